The van der Waals surface area contributed by atoms with Gasteiger partial charge < -0.3 is 15.2 Å². The molecule has 1 unspecified atom stereocenters. The van der Waals surface area contributed by atoms with E-state index in [1.807, 2.05) is 6.92 Å². The Morgan fingerprint density at radius 1 is 1.50 bits per heavy atom. The maximum Gasteiger partial charge on any atom is 0.255 e. The number of benzene rings is 1. The van der Waals surface area contributed by atoms with Gasteiger partial charge in [0.15, 0.2) is 0 Å². The molecule has 0 saturated heterocycles. The first-order valence-corrected chi connectivity index (χ1v) is 5.26. The molecule has 0 fully saturated rings. The molecule has 0 aliphatic heterocycles. The predicted octanol–water partition coefficient (Wildman–Crippen LogP) is 1.55. The van der Waals surface area contributed by atoms with Gasteiger partial charge in [-0.05, 0) is 18.6 Å². The van der Waals surface area contributed by atoms with Crippen LogP contribution in [0.2, 0.25) is 0 Å². The highest BCUT2D eigenvalue weighted by atomic mass is 16.5. The summed E-state index contributed by atoms with van der Waals surface area (Å²) in [4.78, 5) is 11.8. The molecule has 0 bridgehead atoms. The lowest BCUT2D eigenvalue weighted by Crippen LogP contribution is -2.37. The smallest absolute Gasteiger partial charge is 0.255 e. The topological polar surface area (TPSA) is 58.6 Å². The molecule has 0 saturated carbocycles. The molecule has 2 N–H and O–H groups in total. The number of phenolic OH excluding ortho intramolecular Hbond substituents is 1. The second-order valence-electron chi connectivity index (χ2n) is 3.55. The van der Waals surface area contributed by atoms with Crippen LogP contribution in [0.4, 0.5) is 0 Å². The fourth-order valence-corrected chi connectivity index (χ4v) is 1.39. The normalized spacial score (nSPS) is 12.1. The maximum atomic E-state index is 11.8. The van der Waals surface area contributed by atoms with E-state index >= 15 is 0 Å². The number of phenols is 1. The Hall–Kier alpha value is -1.55. The average Bonchev–Trinajstić information content (AvgIpc) is 2.28. The van der Waals surface area contributed by atoms with Crippen molar-refractivity contribution in [3.8, 4) is 5.75 Å². The van der Waals surface area contributed by atoms with Gasteiger partial charge in [0, 0.05) is 7.11 Å². The number of rotatable bonds is 5. The molecule has 88 valence electrons. The molecule has 16 heavy (non-hydrogen) atoms. The van der Waals surface area contributed by atoms with Crippen LogP contribution in [-0.2, 0) is 4.74 Å². The first-order valence-electron chi connectivity index (χ1n) is 5.26. The zero-order valence-electron chi connectivity index (χ0n) is 9.56. The predicted molar refractivity (Wildman–Crippen MR) is 61.5 cm³/mol. The minimum absolute atomic E-state index is 0.00716. The molecule has 4 nitrogen and oxygen atoms in total. The van der Waals surface area contributed by atoms with Gasteiger partial charge in [-0.3, -0.25) is 4.79 Å². The monoisotopic (exact) mass is 223 g/mol. The van der Waals surface area contributed by atoms with Gasteiger partial charge in [0.05, 0.1) is 18.2 Å². The van der Waals surface area contributed by atoms with Crippen molar-refractivity contribution in [2.24, 2.45) is 0 Å². The van der Waals surface area contributed by atoms with Crippen molar-refractivity contribution in [3.63, 3.8) is 0 Å². The lowest BCUT2D eigenvalue weighted by Gasteiger charge is -2.16. The van der Waals surface area contributed by atoms with Crippen molar-refractivity contribution >= 4 is 5.91 Å². The van der Waals surface area contributed by atoms with Gasteiger partial charge >= 0.3 is 0 Å². The summed E-state index contributed by atoms with van der Waals surface area (Å²) in [5, 5.41) is 12.3. The Balaban J connectivity index is 2.68. The number of hydrogen-bond donors (Lipinski definition) is 2. The molecule has 0 aromatic heterocycles. The third-order valence-corrected chi connectivity index (χ3v) is 2.34. The van der Waals surface area contributed by atoms with Crippen molar-refractivity contribution in [2.45, 2.75) is 19.4 Å². The molecule has 0 spiro atoms. The first-order chi connectivity index (χ1) is 7.69. The van der Waals surface area contributed by atoms with E-state index in [4.69, 9.17) is 4.74 Å². The third kappa shape index (κ3) is 3.24. The molecule has 1 aromatic rings. The van der Waals surface area contributed by atoms with Gasteiger partial charge in [-0.2, -0.15) is 0 Å². The average molecular weight is 223 g/mol. The SMILES string of the molecule is CCC(COC)NC(=O)c1ccccc1O. The molecule has 1 atom stereocenters. The number of methoxy groups -OCH3 is 1. The van der Waals surface area contributed by atoms with E-state index in [1.54, 1.807) is 25.3 Å². The molecule has 1 amide bonds. The molecule has 1 rings (SSSR count). The van der Waals surface area contributed by atoms with Crippen molar-refractivity contribution < 1.29 is 14.6 Å². The van der Waals surface area contributed by atoms with Crippen LogP contribution in [-0.4, -0.2) is 30.8 Å². The van der Waals surface area contributed by atoms with E-state index in [1.165, 1.54) is 6.07 Å². The number of para-hydroxylation sites is 1. The van der Waals surface area contributed by atoms with Gasteiger partial charge in [-0.25, -0.2) is 0 Å². The van der Waals surface area contributed by atoms with Crippen LogP contribution in [0.25, 0.3) is 0 Å². The summed E-state index contributed by atoms with van der Waals surface area (Å²) < 4.78 is 4.98. The Morgan fingerprint density at radius 3 is 2.75 bits per heavy atom. The minimum Gasteiger partial charge on any atom is -0.507 e. The number of carbonyl (C=O) groups is 1. The number of ether oxygens (including phenoxy) is 1. The number of hydrogen-bond acceptors (Lipinski definition) is 3. The zero-order valence-corrected chi connectivity index (χ0v) is 9.56. The van der Waals surface area contributed by atoms with Crippen molar-refractivity contribution in [3.05, 3.63) is 29.8 Å². The van der Waals surface area contributed by atoms with E-state index < -0.39 is 0 Å². The summed E-state index contributed by atoms with van der Waals surface area (Å²) in [6.07, 6.45) is 0.785. The van der Waals surface area contributed by atoms with Gasteiger partial charge in [0.2, 0.25) is 0 Å². The van der Waals surface area contributed by atoms with Crippen LogP contribution in [0.5, 0.6) is 5.75 Å². The van der Waals surface area contributed by atoms with E-state index in [9.17, 15) is 9.90 Å². The van der Waals surface area contributed by atoms with Gasteiger partial charge in [-0.1, -0.05) is 19.1 Å². The first kappa shape index (κ1) is 12.5. The highest BCUT2D eigenvalue weighted by molar-refractivity contribution is 5.96. The highest BCUT2D eigenvalue weighted by Crippen LogP contribution is 2.15. The lowest BCUT2D eigenvalue weighted by molar-refractivity contribution is 0.0892. The van der Waals surface area contributed by atoms with Crippen LogP contribution >= 0.6 is 0 Å². The van der Waals surface area contributed by atoms with Crippen LogP contribution < -0.4 is 5.32 Å². The summed E-state index contributed by atoms with van der Waals surface area (Å²) in [5.41, 5.74) is 0.289. The second kappa shape index (κ2) is 6.12. The van der Waals surface area contributed by atoms with Crippen LogP contribution in [0.1, 0.15) is 23.7 Å². The quantitative estimate of drug-likeness (QED) is 0.796. The molecule has 0 heterocycles. The molecule has 4 heteroatoms. The van der Waals surface area contributed by atoms with E-state index in [-0.39, 0.29) is 23.3 Å². The van der Waals surface area contributed by atoms with Gasteiger partial charge in [0.25, 0.3) is 5.91 Å². The standard InChI is InChI=1S/C12H17NO3/c1-3-9(8-16-2)13-12(15)10-6-4-5-7-11(10)14/h4-7,9,14H,3,8H2,1-2H3,(H,13,15). The molecule has 0 aliphatic carbocycles. The number of amides is 1. The Labute approximate surface area is 95.2 Å². The van der Waals surface area contributed by atoms with Crippen molar-refractivity contribution in [1.82, 2.24) is 5.32 Å². The summed E-state index contributed by atoms with van der Waals surface area (Å²) >= 11 is 0. The minimum atomic E-state index is -0.276. The molecule has 1 aromatic carbocycles. The fraction of sp³-hybridized carbons (Fsp3) is 0.417. The summed E-state index contributed by atoms with van der Waals surface area (Å²) in [6, 6.07) is 6.44. The third-order valence-electron chi connectivity index (χ3n) is 2.34. The second-order valence-corrected chi connectivity index (χ2v) is 3.55. The molecule has 0 radical (unpaired) electrons. The maximum absolute atomic E-state index is 11.8. The summed E-state index contributed by atoms with van der Waals surface area (Å²) in [6.45, 7) is 2.44. The Kier molecular flexibility index (Phi) is 4.79. The van der Waals surface area contributed by atoms with Crippen LogP contribution in [0.3, 0.4) is 0 Å². The van der Waals surface area contributed by atoms with Crippen LogP contribution in [0.15, 0.2) is 24.3 Å². The molecular weight excluding hydrogens is 206 g/mol. The zero-order chi connectivity index (χ0) is 12.0. The summed E-state index contributed by atoms with van der Waals surface area (Å²) in [5.74, 6) is -0.283. The number of nitrogens with one attached hydrogen (secondary N) is 1. The highest BCUT2D eigenvalue weighted by Gasteiger charge is 2.14. The largest absolute Gasteiger partial charge is 0.507 e. The van der Waals surface area contributed by atoms with Crippen molar-refractivity contribution in [1.29, 1.82) is 0 Å². The Morgan fingerprint density at radius 2 is 2.19 bits per heavy atom. The number of carbonyl (C=O) groups excluding carboxylic acids is 1. The fourth-order valence-electron chi connectivity index (χ4n) is 1.39. The van der Waals surface area contributed by atoms with Gasteiger partial charge in [-0.15, -0.1) is 0 Å². The number of aromatic hydroxyl groups is 1. The molecule has 0 aliphatic rings. The van der Waals surface area contributed by atoms with Crippen LogP contribution in [0, 0.1) is 0 Å². The Bertz CT molecular complexity index is 352. The summed E-state index contributed by atoms with van der Waals surface area (Å²) in [7, 11) is 1.59. The lowest BCUT2D eigenvalue weighted by atomic mass is 10.1. The van der Waals surface area contributed by atoms with Crippen molar-refractivity contribution in [2.75, 3.05) is 13.7 Å². The van der Waals surface area contributed by atoms with E-state index in [0.29, 0.717) is 6.61 Å². The molecular formula is C12H17NO3. The van der Waals surface area contributed by atoms with Gasteiger partial charge in [0.1, 0.15) is 5.75 Å². The van der Waals surface area contributed by atoms with E-state index in [2.05, 4.69) is 5.32 Å². The van der Waals surface area contributed by atoms with E-state index in [0.717, 1.165) is 6.42 Å².